The standard InChI is InChI=1S/C18H21N3O5S/c1-13(2)20(3)27(25,26)15-10-8-14(9-11-15)12-19-18(22)16-6-4-5-7-17(16)21(23)24/h4-11,13H,12H2,1-3H3,(H,19,22). The van der Waals surface area contributed by atoms with E-state index >= 15 is 0 Å². The summed E-state index contributed by atoms with van der Waals surface area (Å²) in [5.41, 5.74) is 0.376. The first-order chi connectivity index (χ1) is 12.6. The van der Waals surface area contributed by atoms with E-state index in [-0.39, 0.29) is 28.7 Å². The van der Waals surface area contributed by atoms with Gasteiger partial charge in [-0.3, -0.25) is 14.9 Å². The van der Waals surface area contributed by atoms with Crippen LogP contribution in [-0.2, 0) is 16.6 Å². The van der Waals surface area contributed by atoms with Gasteiger partial charge in [-0.05, 0) is 37.6 Å². The zero-order chi connectivity index (χ0) is 20.2. The summed E-state index contributed by atoms with van der Waals surface area (Å²) in [6.45, 7) is 3.68. The van der Waals surface area contributed by atoms with Gasteiger partial charge in [-0.1, -0.05) is 24.3 Å². The molecule has 0 bridgehead atoms. The quantitative estimate of drug-likeness (QED) is 0.576. The maximum absolute atomic E-state index is 12.4. The van der Waals surface area contributed by atoms with Crippen molar-refractivity contribution in [1.29, 1.82) is 0 Å². The molecule has 0 aromatic heterocycles. The second kappa shape index (κ2) is 8.28. The molecule has 0 unspecified atom stereocenters. The number of sulfonamides is 1. The molecule has 1 N–H and O–H groups in total. The van der Waals surface area contributed by atoms with Crippen molar-refractivity contribution in [3.8, 4) is 0 Å². The van der Waals surface area contributed by atoms with E-state index in [9.17, 15) is 23.3 Å². The number of para-hydroxylation sites is 1. The van der Waals surface area contributed by atoms with Gasteiger partial charge in [0.25, 0.3) is 11.6 Å². The number of amides is 1. The molecule has 0 aliphatic heterocycles. The van der Waals surface area contributed by atoms with Gasteiger partial charge in [-0.15, -0.1) is 0 Å². The molecule has 0 saturated carbocycles. The van der Waals surface area contributed by atoms with Crippen LogP contribution in [0.25, 0.3) is 0 Å². The number of nitro groups is 1. The van der Waals surface area contributed by atoms with Crippen LogP contribution in [-0.4, -0.2) is 36.6 Å². The van der Waals surface area contributed by atoms with Crippen LogP contribution >= 0.6 is 0 Å². The lowest BCUT2D eigenvalue weighted by Gasteiger charge is -2.21. The average Bonchev–Trinajstić information content (AvgIpc) is 2.65. The fraction of sp³-hybridized carbons (Fsp3) is 0.278. The van der Waals surface area contributed by atoms with E-state index in [0.29, 0.717) is 5.56 Å². The molecule has 1 amide bonds. The Kier molecular flexibility index (Phi) is 6.29. The first-order valence-electron chi connectivity index (χ1n) is 8.23. The SMILES string of the molecule is CC(C)N(C)S(=O)(=O)c1ccc(CNC(=O)c2ccccc2[N+](=O)[O-])cc1. The largest absolute Gasteiger partial charge is 0.348 e. The summed E-state index contributed by atoms with van der Waals surface area (Å²) >= 11 is 0. The highest BCUT2D eigenvalue weighted by atomic mass is 32.2. The van der Waals surface area contributed by atoms with Crippen LogP contribution < -0.4 is 5.32 Å². The van der Waals surface area contributed by atoms with Gasteiger partial charge in [0.15, 0.2) is 0 Å². The Bertz CT molecular complexity index is 940. The molecule has 0 saturated heterocycles. The lowest BCUT2D eigenvalue weighted by atomic mass is 10.1. The molecule has 144 valence electrons. The maximum Gasteiger partial charge on any atom is 0.282 e. The smallest absolute Gasteiger partial charge is 0.282 e. The molecule has 27 heavy (non-hydrogen) atoms. The number of carbonyl (C=O) groups is 1. The van der Waals surface area contributed by atoms with Gasteiger partial charge >= 0.3 is 0 Å². The van der Waals surface area contributed by atoms with Crippen LogP contribution in [0.3, 0.4) is 0 Å². The number of nitrogens with zero attached hydrogens (tertiary/aromatic N) is 2. The Morgan fingerprint density at radius 3 is 2.30 bits per heavy atom. The molecule has 0 aliphatic carbocycles. The molecule has 0 atom stereocenters. The Hall–Kier alpha value is -2.78. The number of nitro benzene ring substituents is 1. The van der Waals surface area contributed by atoms with Gasteiger partial charge in [0.2, 0.25) is 10.0 Å². The van der Waals surface area contributed by atoms with Crippen molar-refractivity contribution < 1.29 is 18.1 Å². The Morgan fingerprint density at radius 2 is 1.74 bits per heavy atom. The second-order valence-corrected chi connectivity index (χ2v) is 8.21. The van der Waals surface area contributed by atoms with E-state index < -0.39 is 20.9 Å². The third-order valence-corrected chi connectivity index (χ3v) is 6.17. The average molecular weight is 391 g/mol. The Labute approximate surface area is 158 Å². The van der Waals surface area contributed by atoms with Crippen LogP contribution in [0.1, 0.15) is 29.8 Å². The molecule has 0 spiro atoms. The monoisotopic (exact) mass is 391 g/mol. The molecule has 0 heterocycles. The minimum absolute atomic E-state index is 0.0275. The van der Waals surface area contributed by atoms with Crippen LogP contribution in [0.5, 0.6) is 0 Å². The predicted octanol–water partition coefficient (Wildman–Crippen LogP) is 2.55. The first-order valence-corrected chi connectivity index (χ1v) is 9.67. The molecule has 9 heteroatoms. The van der Waals surface area contributed by atoms with E-state index in [0.717, 1.165) is 0 Å². The summed E-state index contributed by atoms with van der Waals surface area (Å²) in [5, 5.41) is 13.6. The van der Waals surface area contributed by atoms with Crippen molar-refractivity contribution in [1.82, 2.24) is 9.62 Å². The predicted molar refractivity (Wildman–Crippen MR) is 101 cm³/mol. The zero-order valence-electron chi connectivity index (χ0n) is 15.2. The van der Waals surface area contributed by atoms with Crippen molar-refractivity contribution in [2.24, 2.45) is 0 Å². The molecule has 0 aliphatic rings. The van der Waals surface area contributed by atoms with Gasteiger partial charge in [0.05, 0.1) is 9.82 Å². The van der Waals surface area contributed by atoms with Crippen molar-refractivity contribution in [3.05, 3.63) is 69.8 Å². The van der Waals surface area contributed by atoms with Crippen LogP contribution in [0.15, 0.2) is 53.4 Å². The third kappa shape index (κ3) is 4.69. The third-order valence-electron chi connectivity index (χ3n) is 4.13. The van der Waals surface area contributed by atoms with Crippen molar-refractivity contribution >= 4 is 21.6 Å². The summed E-state index contributed by atoms with van der Waals surface area (Å²) in [4.78, 5) is 22.8. The topological polar surface area (TPSA) is 110 Å². The number of carbonyl (C=O) groups excluding carboxylic acids is 1. The molecular formula is C18H21N3O5S. The zero-order valence-corrected chi connectivity index (χ0v) is 16.1. The number of hydrogen-bond acceptors (Lipinski definition) is 5. The second-order valence-electron chi connectivity index (χ2n) is 6.22. The molecule has 0 fully saturated rings. The lowest BCUT2D eigenvalue weighted by molar-refractivity contribution is -0.385. The number of rotatable bonds is 7. The van der Waals surface area contributed by atoms with Gasteiger partial charge in [-0.2, -0.15) is 4.31 Å². The van der Waals surface area contributed by atoms with E-state index in [1.54, 1.807) is 32.0 Å². The highest BCUT2D eigenvalue weighted by molar-refractivity contribution is 7.89. The molecule has 2 aromatic rings. The number of nitrogens with one attached hydrogen (secondary N) is 1. The normalized spacial score (nSPS) is 11.6. The van der Waals surface area contributed by atoms with Crippen molar-refractivity contribution in [2.75, 3.05) is 7.05 Å². The molecular weight excluding hydrogens is 370 g/mol. The van der Waals surface area contributed by atoms with Gasteiger partial charge < -0.3 is 5.32 Å². The Balaban J connectivity index is 2.10. The summed E-state index contributed by atoms with van der Waals surface area (Å²) in [5.74, 6) is -0.571. The fourth-order valence-electron chi connectivity index (χ4n) is 2.33. The van der Waals surface area contributed by atoms with Gasteiger partial charge in [-0.25, -0.2) is 8.42 Å². The highest BCUT2D eigenvalue weighted by Gasteiger charge is 2.23. The maximum atomic E-state index is 12.4. The first kappa shape index (κ1) is 20.5. The Morgan fingerprint density at radius 1 is 1.15 bits per heavy atom. The van der Waals surface area contributed by atoms with Crippen LogP contribution in [0, 0.1) is 10.1 Å². The molecule has 0 radical (unpaired) electrons. The highest BCUT2D eigenvalue weighted by Crippen LogP contribution is 2.19. The van der Waals surface area contributed by atoms with E-state index in [1.165, 1.54) is 41.7 Å². The molecule has 2 rings (SSSR count). The molecule has 8 nitrogen and oxygen atoms in total. The summed E-state index contributed by atoms with van der Waals surface area (Å²) in [6, 6.07) is 11.7. The van der Waals surface area contributed by atoms with Gasteiger partial charge in [0, 0.05) is 25.7 Å². The number of benzene rings is 2. The van der Waals surface area contributed by atoms with Gasteiger partial charge in [0.1, 0.15) is 5.56 Å². The van der Waals surface area contributed by atoms with Crippen LogP contribution in [0.4, 0.5) is 5.69 Å². The minimum Gasteiger partial charge on any atom is -0.348 e. The van der Waals surface area contributed by atoms with Crippen molar-refractivity contribution in [2.45, 2.75) is 31.3 Å². The minimum atomic E-state index is -3.57. The molecule has 2 aromatic carbocycles. The lowest BCUT2D eigenvalue weighted by Crippen LogP contribution is -2.33. The summed E-state index contributed by atoms with van der Waals surface area (Å²) in [6.07, 6.45) is 0. The van der Waals surface area contributed by atoms with E-state index in [1.807, 2.05) is 0 Å². The summed E-state index contributed by atoms with van der Waals surface area (Å²) < 4.78 is 26.1. The van der Waals surface area contributed by atoms with E-state index in [4.69, 9.17) is 0 Å². The summed E-state index contributed by atoms with van der Waals surface area (Å²) in [7, 11) is -2.06. The van der Waals surface area contributed by atoms with Crippen LogP contribution in [0.2, 0.25) is 0 Å². The fourth-order valence-corrected chi connectivity index (χ4v) is 3.69. The van der Waals surface area contributed by atoms with E-state index in [2.05, 4.69) is 5.32 Å². The number of hydrogen-bond donors (Lipinski definition) is 1. The van der Waals surface area contributed by atoms with Crippen molar-refractivity contribution in [3.63, 3.8) is 0 Å².